The minimum absolute atomic E-state index is 0.0352. The number of nitrogens with zero attached hydrogens (tertiary/aromatic N) is 5. The fourth-order valence-electron chi connectivity index (χ4n) is 2.58. The Bertz CT molecular complexity index is 761. The van der Waals surface area contributed by atoms with E-state index >= 15 is 0 Å². The molecule has 1 atom stereocenters. The van der Waals surface area contributed by atoms with Crippen molar-refractivity contribution >= 4 is 5.82 Å². The predicted molar refractivity (Wildman–Crippen MR) is 89.5 cm³/mol. The molecule has 3 aromatic heterocycles. The lowest BCUT2D eigenvalue weighted by molar-refractivity contribution is 0.270. The number of hydrogen-bond donors (Lipinski definition) is 2. The molecule has 0 saturated carbocycles. The molecule has 0 fully saturated rings. The summed E-state index contributed by atoms with van der Waals surface area (Å²) in [6.45, 7) is 5.28. The first-order chi connectivity index (χ1) is 11.7. The van der Waals surface area contributed by atoms with E-state index in [1.807, 2.05) is 23.7 Å². The summed E-state index contributed by atoms with van der Waals surface area (Å²) < 4.78 is 8.95. The third kappa shape index (κ3) is 3.65. The van der Waals surface area contributed by atoms with E-state index in [9.17, 15) is 5.11 Å². The minimum Gasteiger partial charge on any atom is -0.469 e. The van der Waals surface area contributed by atoms with Crippen LogP contribution < -0.4 is 5.32 Å². The summed E-state index contributed by atoms with van der Waals surface area (Å²) in [4.78, 5) is 3.94. The standard InChI is InChI=1S/C16H22N6O2/c1-12(3-5-21-11-17-10-18-21)19-16-9-15(20-22(16)6-7-23)14-4-8-24-13(14)2/h4,8-12,19,23H,3,5-7H2,1-2H3. The third-order valence-electron chi connectivity index (χ3n) is 3.88. The Morgan fingerprint density at radius 2 is 2.25 bits per heavy atom. The number of anilines is 1. The summed E-state index contributed by atoms with van der Waals surface area (Å²) in [5, 5.41) is 21.4. The van der Waals surface area contributed by atoms with Crippen molar-refractivity contribution in [3.8, 4) is 11.3 Å². The van der Waals surface area contributed by atoms with Gasteiger partial charge in [0, 0.05) is 24.2 Å². The van der Waals surface area contributed by atoms with Crippen LogP contribution in [0.3, 0.4) is 0 Å². The predicted octanol–water partition coefficient (Wildman–Crippen LogP) is 1.93. The number of hydrogen-bond acceptors (Lipinski definition) is 6. The zero-order valence-corrected chi connectivity index (χ0v) is 13.9. The van der Waals surface area contributed by atoms with Gasteiger partial charge in [0.1, 0.15) is 24.2 Å². The van der Waals surface area contributed by atoms with Crippen LogP contribution in [0.2, 0.25) is 0 Å². The van der Waals surface area contributed by atoms with Gasteiger partial charge in [-0.25, -0.2) is 9.67 Å². The molecular formula is C16H22N6O2. The lowest BCUT2D eigenvalue weighted by Gasteiger charge is -2.15. The lowest BCUT2D eigenvalue weighted by Crippen LogP contribution is -2.20. The Balaban J connectivity index is 1.71. The van der Waals surface area contributed by atoms with E-state index in [1.165, 1.54) is 6.33 Å². The van der Waals surface area contributed by atoms with Crippen molar-refractivity contribution in [2.24, 2.45) is 0 Å². The molecule has 0 amide bonds. The molecule has 2 N–H and O–H groups in total. The third-order valence-corrected chi connectivity index (χ3v) is 3.88. The molecule has 0 aliphatic carbocycles. The molecule has 8 heteroatoms. The maximum absolute atomic E-state index is 9.28. The molecule has 0 aromatic carbocycles. The Morgan fingerprint density at radius 3 is 2.92 bits per heavy atom. The van der Waals surface area contributed by atoms with Crippen molar-refractivity contribution in [2.75, 3.05) is 11.9 Å². The molecule has 0 aliphatic rings. The molecule has 0 saturated heterocycles. The zero-order valence-electron chi connectivity index (χ0n) is 13.9. The number of aliphatic hydroxyl groups is 1. The first-order valence-electron chi connectivity index (χ1n) is 7.99. The van der Waals surface area contributed by atoms with E-state index < -0.39 is 0 Å². The number of furan rings is 1. The molecule has 0 bridgehead atoms. The van der Waals surface area contributed by atoms with Gasteiger partial charge in [0.05, 0.1) is 25.1 Å². The molecule has 3 rings (SSSR count). The monoisotopic (exact) mass is 330 g/mol. The molecule has 8 nitrogen and oxygen atoms in total. The molecular weight excluding hydrogens is 308 g/mol. The van der Waals surface area contributed by atoms with E-state index in [-0.39, 0.29) is 12.6 Å². The normalized spacial score (nSPS) is 12.5. The molecule has 128 valence electrons. The summed E-state index contributed by atoms with van der Waals surface area (Å²) >= 11 is 0. The van der Waals surface area contributed by atoms with Crippen LogP contribution in [0.25, 0.3) is 11.3 Å². The summed E-state index contributed by atoms with van der Waals surface area (Å²) in [7, 11) is 0. The molecule has 3 heterocycles. The maximum atomic E-state index is 9.28. The smallest absolute Gasteiger partial charge is 0.137 e. The van der Waals surface area contributed by atoms with Crippen molar-refractivity contribution in [3.63, 3.8) is 0 Å². The average molecular weight is 330 g/mol. The number of rotatable bonds is 8. The van der Waals surface area contributed by atoms with Gasteiger partial charge in [-0.15, -0.1) is 0 Å². The largest absolute Gasteiger partial charge is 0.469 e. The van der Waals surface area contributed by atoms with Gasteiger partial charge >= 0.3 is 0 Å². The van der Waals surface area contributed by atoms with E-state index in [2.05, 4.69) is 27.4 Å². The summed E-state index contributed by atoms with van der Waals surface area (Å²) in [5.74, 6) is 1.71. The summed E-state index contributed by atoms with van der Waals surface area (Å²) in [5.41, 5.74) is 1.80. The Morgan fingerprint density at radius 1 is 1.38 bits per heavy atom. The second kappa shape index (κ2) is 7.31. The second-order valence-electron chi connectivity index (χ2n) is 5.74. The van der Waals surface area contributed by atoms with Crippen LogP contribution in [0.4, 0.5) is 5.82 Å². The minimum atomic E-state index is 0.0352. The molecule has 1 unspecified atom stereocenters. The first kappa shape index (κ1) is 16.3. The van der Waals surface area contributed by atoms with Gasteiger partial charge in [0.15, 0.2) is 0 Å². The fraction of sp³-hybridized carbons (Fsp3) is 0.438. The Hall–Kier alpha value is -2.61. The van der Waals surface area contributed by atoms with Crippen LogP contribution in [0.15, 0.2) is 35.5 Å². The van der Waals surface area contributed by atoms with Gasteiger partial charge in [-0.05, 0) is 26.3 Å². The van der Waals surface area contributed by atoms with Crippen LogP contribution in [0.5, 0.6) is 0 Å². The van der Waals surface area contributed by atoms with Gasteiger partial charge in [-0.2, -0.15) is 10.2 Å². The molecule has 3 aromatic rings. The highest BCUT2D eigenvalue weighted by atomic mass is 16.3. The highest BCUT2D eigenvalue weighted by Gasteiger charge is 2.14. The molecule has 0 radical (unpaired) electrons. The van der Waals surface area contributed by atoms with Gasteiger partial charge < -0.3 is 14.8 Å². The number of nitrogens with one attached hydrogen (secondary N) is 1. The molecule has 0 spiro atoms. The van der Waals surface area contributed by atoms with Crippen molar-refractivity contribution in [3.05, 3.63) is 36.8 Å². The van der Waals surface area contributed by atoms with Gasteiger partial charge in [-0.1, -0.05) is 0 Å². The van der Waals surface area contributed by atoms with E-state index in [1.54, 1.807) is 17.3 Å². The highest BCUT2D eigenvalue weighted by Crippen LogP contribution is 2.26. The molecule has 0 aliphatic heterocycles. The van der Waals surface area contributed by atoms with Crippen LogP contribution in [0.1, 0.15) is 19.1 Å². The van der Waals surface area contributed by atoms with Crippen LogP contribution in [-0.4, -0.2) is 42.3 Å². The van der Waals surface area contributed by atoms with Crippen LogP contribution >= 0.6 is 0 Å². The molecule has 24 heavy (non-hydrogen) atoms. The highest BCUT2D eigenvalue weighted by molar-refractivity contribution is 5.64. The van der Waals surface area contributed by atoms with Gasteiger partial charge in [0.2, 0.25) is 0 Å². The second-order valence-corrected chi connectivity index (χ2v) is 5.74. The van der Waals surface area contributed by atoms with E-state index in [4.69, 9.17) is 4.42 Å². The van der Waals surface area contributed by atoms with Crippen molar-refractivity contribution in [1.82, 2.24) is 24.5 Å². The zero-order chi connectivity index (χ0) is 16.9. The lowest BCUT2D eigenvalue weighted by atomic mass is 10.2. The number of aromatic nitrogens is 5. The Kier molecular flexibility index (Phi) is 4.95. The van der Waals surface area contributed by atoms with E-state index in [0.29, 0.717) is 6.54 Å². The summed E-state index contributed by atoms with van der Waals surface area (Å²) in [6, 6.07) is 4.11. The SMILES string of the molecule is Cc1occc1-c1cc(NC(C)CCn2cncn2)n(CCO)n1. The van der Waals surface area contributed by atoms with Gasteiger partial charge in [0.25, 0.3) is 0 Å². The number of aryl methyl sites for hydroxylation is 2. The fourth-order valence-corrected chi connectivity index (χ4v) is 2.58. The van der Waals surface area contributed by atoms with Crippen molar-refractivity contribution in [1.29, 1.82) is 0 Å². The van der Waals surface area contributed by atoms with Crippen LogP contribution in [-0.2, 0) is 13.1 Å². The topological polar surface area (TPSA) is 93.9 Å². The van der Waals surface area contributed by atoms with E-state index in [0.717, 1.165) is 35.8 Å². The summed E-state index contributed by atoms with van der Waals surface area (Å²) in [6.07, 6.45) is 5.80. The van der Waals surface area contributed by atoms with Crippen molar-refractivity contribution in [2.45, 2.75) is 39.4 Å². The first-order valence-corrected chi connectivity index (χ1v) is 7.99. The Labute approximate surface area is 140 Å². The van der Waals surface area contributed by atoms with Crippen LogP contribution in [0, 0.1) is 6.92 Å². The average Bonchev–Trinajstić information content (AvgIpc) is 3.28. The van der Waals surface area contributed by atoms with Crippen molar-refractivity contribution < 1.29 is 9.52 Å². The number of aliphatic hydroxyl groups excluding tert-OH is 1. The quantitative estimate of drug-likeness (QED) is 0.655. The maximum Gasteiger partial charge on any atom is 0.137 e. The van der Waals surface area contributed by atoms with Gasteiger partial charge in [-0.3, -0.25) is 4.68 Å².